The van der Waals surface area contributed by atoms with Crippen LogP contribution < -0.4 is 0 Å². The lowest BCUT2D eigenvalue weighted by atomic mass is 9.77. The Labute approximate surface area is 94.7 Å². The Kier molecular flexibility index (Phi) is 3.42. The lowest BCUT2D eigenvalue weighted by Gasteiger charge is -2.35. The minimum atomic E-state index is 0.123. The first kappa shape index (κ1) is 12.5. The first-order valence-electron chi connectivity index (χ1n) is 6.02. The summed E-state index contributed by atoms with van der Waals surface area (Å²) in [6.45, 7) is 15.7. The van der Waals surface area contributed by atoms with E-state index in [1.807, 2.05) is 0 Å². The Balaban J connectivity index is 3.25. The molecule has 1 heteroatoms. The third kappa shape index (κ3) is 2.70. The van der Waals surface area contributed by atoms with E-state index in [1.165, 1.54) is 23.3 Å². The summed E-state index contributed by atoms with van der Waals surface area (Å²) in [5, 5.41) is 0. The van der Waals surface area contributed by atoms with Crippen molar-refractivity contribution in [3.05, 3.63) is 11.1 Å². The zero-order chi connectivity index (χ0) is 11.8. The number of nitrogens with zero attached hydrogens (tertiary/aromatic N) is 1. The largest absolute Gasteiger partial charge is 0.283 e. The summed E-state index contributed by atoms with van der Waals surface area (Å²) in [6.07, 6.45) is 1.17. The van der Waals surface area contributed by atoms with Gasteiger partial charge in [0.1, 0.15) is 0 Å². The highest BCUT2D eigenvalue weighted by Crippen LogP contribution is 2.35. The normalized spacial score (nSPS) is 25.5. The second kappa shape index (κ2) is 4.11. The second-order valence-corrected chi connectivity index (χ2v) is 5.98. The Hall–Kier alpha value is -0.590. The summed E-state index contributed by atoms with van der Waals surface area (Å²) in [7, 11) is 0. The summed E-state index contributed by atoms with van der Waals surface area (Å²) in [4.78, 5) is 4.93. The molecular formula is C14H25N. The maximum atomic E-state index is 4.93. The molecule has 86 valence electrons. The molecule has 0 aromatic carbocycles. The first-order chi connectivity index (χ1) is 6.74. The van der Waals surface area contributed by atoms with E-state index in [0.717, 1.165) is 0 Å². The van der Waals surface area contributed by atoms with Crippen LogP contribution >= 0.6 is 0 Å². The fourth-order valence-electron chi connectivity index (χ4n) is 2.72. The average Bonchev–Trinajstić information content (AvgIpc) is 1.99. The number of hydrogen-bond acceptors (Lipinski definition) is 1. The molecule has 0 saturated heterocycles. The van der Waals surface area contributed by atoms with Gasteiger partial charge in [0.15, 0.2) is 0 Å². The Morgan fingerprint density at radius 1 is 1.33 bits per heavy atom. The van der Waals surface area contributed by atoms with Crippen LogP contribution in [0.15, 0.2) is 16.1 Å². The molecule has 1 aliphatic rings. The van der Waals surface area contributed by atoms with Crippen molar-refractivity contribution in [1.82, 2.24) is 0 Å². The third-order valence-corrected chi connectivity index (χ3v) is 3.08. The number of aliphatic imine (C=N–C) groups is 1. The van der Waals surface area contributed by atoms with Crippen LogP contribution in [0.5, 0.6) is 0 Å². The highest BCUT2D eigenvalue weighted by Gasteiger charge is 2.31. The highest BCUT2D eigenvalue weighted by atomic mass is 14.9. The molecule has 1 unspecified atom stereocenters. The number of rotatable bonds is 1. The van der Waals surface area contributed by atoms with E-state index in [0.29, 0.717) is 11.8 Å². The smallest absolute Gasteiger partial charge is 0.0561 e. The predicted octanol–water partition coefficient (Wildman–Crippen LogP) is 4.24. The van der Waals surface area contributed by atoms with Crippen molar-refractivity contribution in [2.75, 3.05) is 0 Å². The van der Waals surface area contributed by atoms with Crippen LogP contribution in [0.3, 0.4) is 0 Å². The quantitative estimate of drug-likeness (QED) is 0.610. The van der Waals surface area contributed by atoms with E-state index in [2.05, 4.69) is 48.5 Å². The molecule has 0 amide bonds. The first-order valence-corrected chi connectivity index (χ1v) is 6.02. The van der Waals surface area contributed by atoms with Gasteiger partial charge in [0.05, 0.1) is 5.54 Å². The van der Waals surface area contributed by atoms with Crippen LogP contribution in [0.2, 0.25) is 0 Å². The third-order valence-electron chi connectivity index (χ3n) is 3.08. The van der Waals surface area contributed by atoms with E-state index in [4.69, 9.17) is 4.99 Å². The topological polar surface area (TPSA) is 12.4 Å². The molecule has 1 nitrogen and oxygen atoms in total. The molecule has 0 bridgehead atoms. The van der Waals surface area contributed by atoms with Gasteiger partial charge in [0.2, 0.25) is 0 Å². The molecule has 1 heterocycles. The van der Waals surface area contributed by atoms with Gasteiger partial charge in [0, 0.05) is 5.71 Å². The molecule has 0 saturated carbocycles. The van der Waals surface area contributed by atoms with Crippen molar-refractivity contribution in [1.29, 1.82) is 0 Å². The van der Waals surface area contributed by atoms with E-state index in [-0.39, 0.29) is 5.54 Å². The second-order valence-electron chi connectivity index (χ2n) is 5.98. The average molecular weight is 207 g/mol. The predicted molar refractivity (Wildman–Crippen MR) is 68.5 cm³/mol. The van der Waals surface area contributed by atoms with Crippen LogP contribution in [-0.2, 0) is 0 Å². The van der Waals surface area contributed by atoms with Crippen LogP contribution in [-0.4, -0.2) is 11.3 Å². The molecule has 0 aromatic heterocycles. The molecule has 0 aromatic rings. The fraction of sp³-hybridized carbons (Fsp3) is 0.786. The van der Waals surface area contributed by atoms with Crippen molar-refractivity contribution < 1.29 is 0 Å². The Bertz CT molecular complexity index is 301. The van der Waals surface area contributed by atoms with Crippen molar-refractivity contribution in [3.63, 3.8) is 0 Å². The molecule has 1 atom stereocenters. The SMILES string of the molecule is CC(C)=C1C(C(C)C)=NC(C)(C)CC1C. The Morgan fingerprint density at radius 3 is 2.27 bits per heavy atom. The summed E-state index contributed by atoms with van der Waals surface area (Å²) in [6, 6.07) is 0. The lowest BCUT2D eigenvalue weighted by Crippen LogP contribution is -2.33. The van der Waals surface area contributed by atoms with Gasteiger partial charge in [-0.05, 0) is 51.5 Å². The molecule has 0 fully saturated rings. The maximum Gasteiger partial charge on any atom is 0.0561 e. The standard InChI is InChI=1S/C14H25N/c1-9(2)12-11(5)8-14(6,7)15-13(12)10(3)4/h10-11H,8H2,1-7H3. The zero-order valence-electron chi connectivity index (χ0n) is 11.3. The molecule has 0 N–H and O–H groups in total. The highest BCUT2D eigenvalue weighted by molar-refractivity contribution is 6.03. The lowest BCUT2D eigenvalue weighted by molar-refractivity contribution is 0.399. The molecule has 1 aliphatic heterocycles. The van der Waals surface area contributed by atoms with Gasteiger partial charge in [-0.25, -0.2) is 0 Å². The van der Waals surface area contributed by atoms with Gasteiger partial charge in [-0.3, -0.25) is 4.99 Å². The van der Waals surface area contributed by atoms with Gasteiger partial charge in [-0.2, -0.15) is 0 Å². The Morgan fingerprint density at radius 2 is 1.87 bits per heavy atom. The zero-order valence-corrected chi connectivity index (χ0v) is 11.3. The van der Waals surface area contributed by atoms with Crippen LogP contribution in [0.25, 0.3) is 0 Å². The van der Waals surface area contributed by atoms with Gasteiger partial charge < -0.3 is 0 Å². The van der Waals surface area contributed by atoms with E-state index in [9.17, 15) is 0 Å². The molecule has 0 aliphatic carbocycles. The summed E-state index contributed by atoms with van der Waals surface area (Å²) in [5.74, 6) is 1.19. The van der Waals surface area contributed by atoms with Gasteiger partial charge in [-0.1, -0.05) is 26.3 Å². The van der Waals surface area contributed by atoms with Crippen molar-refractivity contribution in [3.8, 4) is 0 Å². The van der Waals surface area contributed by atoms with Crippen molar-refractivity contribution >= 4 is 5.71 Å². The summed E-state index contributed by atoms with van der Waals surface area (Å²) < 4.78 is 0. The minimum Gasteiger partial charge on any atom is -0.283 e. The van der Waals surface area contributed by atoms with E-state index in [1.54, 1.807) is 0 Å². The fourth-order valence-corrected chi connectivity index (χ4v) is 2.72. The molecule has 0 radical (unpaired) electrons. The van der Waals surface area contributed by atoms with E-state index < -0.39 is 0 Å². The summed E-state index contributed by atoms with van der Waals surface area (Å²) >= 11 is 0. The van der Waals surface area contributed by atoms with Gasteiger partial charge >= 0.3 is 0 Å². The van der Waals surface area contributed by atoms with Crippen molar-refractivity contribution in [2.45, 2.75) is 60.4 Å². The monoisotopic (exact) mass is 207 g/mol. The number of hydrogen-bond donors (Lipinski definition) is 0. The maximum absolute atomic E-state index is 4.93. The molecular weight excluding hydrogens is 182 g/mol. The van der Waals surface area contributed by atoms with Crippen LogP contribution in [0.1, 0.15) is 54.9 Å². The van der Waals surface area contributed by atoms with Crippen LogP contribution in [0, 0.1) is 11.8 Å². The van der Waals surface area contributed by atoms with E-state index >= 15 is 0 Å². The van der Waals surface area contributed by atoms with Gasteiger partial charge in [0.25, 0.3) is 0 Å². The van der Waals surface area contributed by atoms with Crippen molar-refractivity contribution in [2.24, 2.45) is 16.8 Å². The minimum absolute atomic E-state index is 0.123. The molecule has 15 heavy (non-hydrogen) atoms. The molecule has 0 spiro atoms. The summed E-state index contributed by atoms with van der Waals surface area (Å²) in [5.41, 5.74) is 4.39. The van der Waals surface area contributed by atoms with Crippen LogP contribution in [0.4, 0.5) is 0 Å². The molecule has 1 rings (SSSR count). The number of allylic oxidation sites excluding steroid dienone is 2. The van der Waals surface area contributed by atoms with Gasteiger partial charge in [-0.15, -0.1) is 0 Å².